The molecule has 0 bridgehead atoms. The van der Waals surface area contributed by atoms with Crippen LogP contribution in [0.5, 0.6) is 0 Å². The zero-order valence-corrected chi connectivity index (χ0v) is 20.2. The second-order valence-corrected chi connectivity index (χ2v) is 7.19. The number of benzene rings is 1. The molecule has 0 aromatic heterocycles. The van der Waals surface area contributed by atoms with Crippen LogP contribution >= 0.6 is 24.0 Å². The molecule has 1 aliphatic rings. The third kappa shape index (κ3) is 9.77. The summed E-state index contributed by atoms with van der Waals surface area (Å²) in [6, 6.07) is 7.74. The van der Waals surface area contributed by atoms with Crippen LogP contribution in [0.1, 0.15) is 29.8 Å². The van der Waals surface area contributed by atoms with E-state index in [0.717, 1.165) is 70.4 Å². The van der Waals surface area contributed by atoms with Gasteiger partial charge in [-0.2, -0.15) is 0 Å². The standard InChI is InChI=1S/C21H35N5O2.HI/c1-4-23-21(25-15-17(2)16-26-10-12-28-13-11-26)24-9-8-18-6-5-7-19(14-18)20(27)22-3;/h5-7,14,17H,4,8-13,15-16H2,1-3H3,(H,22,27)(H2,23,24,25);1H. The van der Waals surface area contributed by atoms with Gasteiger partial charge in [-0.05, 0) is 37.0 Å². The van der Waals surface area contributed by atoms with Crippen molar-refractivity contribution in [2.24, 2.45) is 10.9 Å². The van der Waals surface area contributed by atoms with E-state index in [1.165, 1.54) is 0 Å². The van der Waals surface area contributed by atoms with Crippen LogP contribution in [0, 0.1) is 5.92 Å². The number of hydrogen-bond donors (Lipinski definition) is 3. The van der Waals surface area contributed by atoms with Crippen molar-refractivity contribution in [3.05, 3.63) is 35.4 Å². The van der Waals surface area contributed by atoms with E-state index in [1.807, 2.05) is 24.3 Å². The van der Waals surface area contributed by atoms with Crippen LogP contribution in [0.25, 0.3) is 0 Å². The summed E-state index contributed by atoms with van der Waals surface area (Å²) < 4.78 is 5.41. The Bertz CT molecular complexity index is 635. The van der Waals surface area contributed by atoms with Gasteiger partial charge >= 0.3 is 0 Å². The molecule has 3 N–H and O–H groups in total. The molecule has 0 aliphatic carbocycles. The fourth-order valence-corrected chi connectivity index (χ4v) is 3.21. The van der Waals surface area contributed by atoms with Crippen molar-refractivity contribution in [2.45, 2.75) is 20.3 Å². The first-order chi connectivity index (χ1) is 13.6. The highest BCUT2D eigenvalue weighted by Crippen LogP contribution is 2.06. The Labute approximate surface area is 192 Å². The Hall–Kier alpha value is -1.39. The van der Waals surface area contributed by atoms with Crippen LogP contribution in [0.4, 0.5) is 0 Å². The van der Waals surface area contributed by atoms with E-state index >= 15 is 0 Å². The minimum atomic E-state index is -0.0565. The zero-order chi connectivity index (χ0) is 20.2. The average molecular weight is 517 g/mol. The Morgan fingerprint density at radius 1 is 1.28 bits per heavy atom. The molecule has 1 unspecified atom stereocenters. The molecule has 29 heavy (non-hydrogen) atoms. The maximum absolute atomic E-state index is 11.8. The number of morpholine rings is 1. The number of nitrogens with zero attached hydrogens (tertiary/aromatic N) is 2. The fourth-order valence-electron chi connectivity index (χ4n) is 3.21. The summed E-state index contributed by atoms with van der Waals surface area (Å²) in [7, 11) is 1.65. The van der Waals surface area contributed by atoms with Crippen molar-refractivity contribution in [1.29, 1.82) is 0 Å². The van der Waals surface area contributed by atoms with Crippen molar-refractivity contribution >= 4 is 35.8 Å². The molecule has 1 fully saturated rings. The van der Waals surface area contributed by atoms with Crippen LogP contribution in [0.15, 0.2) is 29.3 Å². The van der Waals surface area contributed by atoms with Crippen molar-refractivity contribution in [3.8, 4) is 0 Å². The predicted octanol–water partition coefficient (Wildman–Crippen LogP) is 1.73. The smallest absolute Gasteiger partial charge is 0.251 e. The highest BCUT2D eigenvalue weighted by molar-refractivity contribution is 14.0. The highest BCUT2D eigenvalue weighted by Gasteiger charge is 2.13. The number of carbonyl (C=O) groups is 1. The van der Waals surface area contributed by atoms with Gasteiger partial charge in [0.2, 0.25) is 0 Å². The number of amides is 1. The lowest BCUT2D eigenvalue weighted by molar-refractivity contribution is 0.0323. The zero-order valence-electron chi connectivity index (χ0n) is 17.9. The molecular formula is C21H36IN5O2. The van der Waals surface area contributed by atoms with Gasteiger partial charge in [-0.25, -0.2) is 0 Å². The van der Waals surface area contributed by atoms with Crippen LogP contribution in [-0.4, -0.2) is 76.3 Å². The summed E-state index contributed by atoms with van der Waals surface area (Å²) in [4.78, 5) is 18.9. The second-order valence-electron chi connectivity index (χ2n) is 7.19. The first-order valence-electron chi connectivity index (χ1n) is 10.3. The van der Waals surface area contributed by atoms with Crippen molar-refractivity contribution in [2.75, 3.05) is 59.5 Å². The lowest BCUT2D eigenvalue weighted by Gasteiger charge is -2.28. The number of nitrogens with one attached hydrogen (secondary N) is 3. The Morgan fingerprint density at radius 3 is 2.72 bits per heavy atom. The number of hydrogen-bond acceptors (Lipinski definition) is 4. The fraction of sp³-hybridized carbons (Fsp3) is 0.619. The van der Waals surface area contributed by atoms with E-state index in [2.05, 4.69) is 34.7 Å². The predicted molar refractivity (Wildman–Crippen MR) is 129 cm³/mol. The molecule has 1 aliphatic heterocycles. The minimum absolute atomic E-state index is 0. The summed E-state index contributed by atoms with van der Waals surface area (Å²) in [5.74, 6) is 1.29. The molecule has 1 saturated heterocycles. The molecule has 0 radical (unpaired) electrons. The van der Waals surface area contributed by atoms with Gasteiger partial charge in [-0.3, -0.25) is 14.7 Å². The molecule has 0 saturated carbocycles. The SMILES string of the molecule is CCNC(=NCC(C)CN1CCOCC1)NCCc1cccc(C(=O)NC)c1.I. The highest BCUT2D eigenvalue weighted by atomic mass is 127. The summed E-state index contributed by atoms with van der Waals surface area (Å²) in [5.41, 5.74) is 1.82. The first kappa shape index (κ1) is 25.6. The lowest BCUT2D eigenvalue weighted by atomic mass is 10.1. The molecule has 1 heterocycles. The number of halogens is 1. The molecular weight excluding hydrogens is 481 g/mol. The second kappa shape index (κ2) is 14.6. The van der Waals surface area contributed by atoms with Gasteiger partial charge in [0, 0.05) is 51.9 Å². The molecule has 2 rings (SSSR count). The van der Waals surface area contributed by atoms with Gasteiger partial charge in [0.05, 0.1) is 13.2 Å². The molecule has 0 spiro atoms. The van der Waals surface area contributed by atoms with Crippen LogP contribution in [0.3, 0.4) is 0 Å². The van der Waals surface area contributed by atoms with E-state index in [0.29, 0.717) is 11.5 Å². The van der Waals surface area contributed by atoms with Gasteiger partial charge in [0.1, 0.15) is 0 Å². The van der Waals surface area contributed by atoms with Crippen molar-refractivity contribution < 1.29 is 9.53 Å². The number of guanidine groups is 1. The van der Waals surface area contributed by atoms with Crippen molar-refractivity contribution in [1.82, 2.24) is 20.9 Å². The molecule has 1 atom stereocenters. The molecule has 1 aromatic rings. The van der Waals surface area contributed by atoms with Crippen LogP contribution in [-0.2, 0) is 11.2 Å². The summed E-state index contributed by atoms with van der Waals surface area (Å²) >= 11 is 0. The summed E-state index contributed by atoms with van der Waals surface area (Å²) in [6.45, 7) is 11.5. The summed E-state index contributed by atoms with van der Waals surface area (Å²) in [5, 5.41) is 9.37. The lowest BCUT2D eigenvalue weighted by Crippen LogP contribution is -2.40. The van der Waals surface area contributed by atoms with E-state index in [-0.39, 0.29) is 29.9 Å². The molecule has 8 heteroatoms. The number of rotatable bonds is 9. The van der Waals surface area contributed by atoms with Gasteiger partial charge < -0.3 is 20.7 Å². The minimum Gasteiger partial charge on any atom is -0.379 e. The maximum atomic E-state index is 11.8. The number of ether oxygens (including phenoxy) is 1. The van der Waals surface area contributed by atoms with Gasteiger partial charge in [-0.15, -0.1) is 24.0 Å². The topological polar surface area (TPSA) is 78.0 Å². The Balaban J connectivity index is 0.00000420. The molecule has 1 amide bonds. The van der Waals surface area contributed by atoms with E-state index in [1.54, 1.807) is 7.05 Å². The van der Waals surface area contributed by atoms with E-state index in [9.17, 15) is 4.79 Å². The van der Waals surface area contributed by atoms with Gasteiger partial charge in [-0.1, -0.05) is 19.1 Å². The van der Waals surface area contributed by atoms with Gasteiger partial charge in [0.15, 0.2) is 5.96 Å². The van der Waals surface area contributed by atoms with Crippen molar-refractivity contribution in [3.63, 3.8) is 0 Å². The summed E-state index contributed by atoms with van der Waals surface area (Å²) in [6.07, 6.45) is 0.832. The Morgan fingerprint density at radius 2 is 2.03 bits per heavy atom. The quantitative estimate of drug-likeness (QED) is 0.264. The first-order valence-corrected chi connectivity index (χ1v) is 10.3. The molecule has 7 nitrogen and oxygen atoms in total. The third-order valence-corrected chi connectivity index (χ3v) is 4.70. The normalized spacial score (nSPS) is 15.9. The number of carbonyl (C=O) groups excluding carboxylic acids is 1. The van der Waals surface area contributed by atoms with Gasteiger partial charge in [0.25, 0.3) is 5.91 Å². The molecule has 164 valence electrons. The van der Waals surface area contributed by atoms with E-state index in [4.69, 9.17) is 9.73 Å². The van der Waals surface area contributed by atoms with Crippen LogP contribution < -0.4 is 16.0 Å². The average Bonchev–Trinajstić information content (AvgIpc) is 2.72. The maximum Gasteiger partial charge on any atom is 0.251 e. The van der Waals surface area contributed by atoms with E-state index < -0.39 is 0 Å². The number of aliphatic imine (C=N–C) groups is 1. The third-order valence-electron chi connectivity index (χ3n) is 4.70. The monoisotopic (exact) mass is 517 g/mol. The largest absolute Gasteiger partial charge is 0.379 e. The Kier molecular flexibility index (Phi) is 12.9. The molecule has 1 aromatic carbocycles. The van der Waals surface area contributed by atoms with Crippen LogP contribution in [0.2, 0.25) is 0 Å².